The second-order valence-corrected chi connectivity index (χ2v) is 6.24. The molecule has 2 aromatic rings. The van der Waals surface area contributed by atoms with Crippen molar-refractivity contribution in [2.75, 3.05) is 11.4 Å². The molecule has 1 unspecified atom stereocenters. The van der Waals surface area contributed by atoms with E-state index in [9.17, 15) is 9.59 Å². The van der Waals surface area contributed by atoms with Gasteiger partial charge in [0, 0.05) is 23.4 Å². The Balaban J connectivity index is 1.94. The van der Waals surface area contributed by atoms with E-state index in [1.165, 1.54) is 4.70 Å². The van der Waals surface area contributed by atoms with Crippen LogP contribution in [-0.4, -0.2) is 24.4 Å². The summed E-state index contributed by atoms with van der Waals surface area (Å²) >= 11 is 1.69. The van der Waals surface area contributed by atoms with E-state index in [1.807, 2.05) is 30.5 Å². The second-order valence-electron chi connectivity index (χ2n) is 5.29. The predicted octanol–water partition coefficient (Wildman–Crippen LogP) is 2.92. The Kier molecular flexibility index (Phi) is 3.92. The summed E-state index contributed by atoms with van der Waals surface area (Å²) < 4.78 is 1.21. The van der Waals surface area contributed by atoms with Crippen molar-refractivity contribution in [2.24, 2.45) is 0 Å². The molecule has 1 atom stereocenters. The van der Waals surface area contributed by atoms with Crippen molar-refractivity contribution in [3.63, 3.8) is 0 Å². The average Bonchev–Trinajstić information content (AvgIpc) is 2.89. The van der Waals surface area contributed by atoms with Crippen molar-refractivity contribution in [1.82, 2.24) is 5.32 Å². The lowest BCUT2D eigenvalue weighted by atomic mass is 10.1. The van der Waals surface area contributed by atoms with Crippen LogP contribution in [0.25, 0.3) is 10.1 Å². The fourth-order valence-electron chi connectivity index (χ4n) is 2.70. The fourth-order valence-corrected chi connectivity index (χ4v) is 3.47. The van der Waals surface area contributed by atoms with E-state index in [4.69, 9.17) is 0 Å². The molecular formula is C16H18N2O2S. The second kappa shape index (κ2) is 5.85. The van der Waals surface area contributed by atoms with E-state index in [1.54, 1.807) is 16.2 Å². The maximum Gasteiger partial charge on any atom is 0.249 e. The first-order valence-corrected chi connectivity index (χ1v) is 8.15. The topological polar surface area (TPSA) is 49.4 Å². The Morgan fingerprint density at radius 2 is 2.19 bits per heavy atom. The third-order valence-corrected chi connectivity index (χ3v) is 4.68. The van der Waals surface area contributed by atoms with Crippen LogP contribution in [-0.2, 0) is 9.59 Å². The zero-order valence-corrected chi connectivity index (χ0v) is 12.8. The Morgan fingerprint density at radius 3 is 3.00 bits per heavy atom. The lowest BCUT2D eigenvalue weighted by molar-refractivity contribution is -0.125. The summed E-state index contributed by atoms with van der Waals surface area (Å²) in [6.45, 7) is 2.46. The van der Waals surface area contributed by atoms with E-state index < -0.39 is 6.04 Å². The number of hydrogen-bond acceptors (Lipinski definition) is 3. The number of benzene rings is 1. The maximum absolute atomic E-state index is 12.7. The number of rotatable bonds is 3. The molecule has 0 spiro atoms. The van der Waals surface area contributed by atoms with Crippen LogP contribution in [0.5, 0.6) is 0 Å². The molecule has 0 bridgehead atoms. The molecule has 0 radical (unpaired) electrons. The van der Waals surface area contributed by atoms with Gasteiger partial charge in [0.2, 0.25) is 11.8 Å². The summed E-state index contributed by atoms with van der Waals surface area (Å²) in [5, 5.41) is 6.02. The van der Waals surface area contributed by atoms with Gasteiger partial charge in [0.05, 0.1) is 0 Å². The van der Waals surface area contributed by atoms with Gasteiger partial charge >= 0.3 is 0 Å². The lowest BCUT2D eigenvalue weighted by Crippen LogP contribution is -2.44. The fraction of sp³-hybridized carbons (Fsp3) is 0.375. The van der Waals surface area contributed by atoms with Crippen LogP contribution in [0.2, 0.25) is 0 Å². The Hall–Kier alpha value is -1.88. The molecule has 2 heterocycles. The molecule has 4 nitrogen and oxygen atoms in total. The Morgan fingerprint density at radius 1 is 1.33 bits per heavy atom. The third kappa shape index (κ3) is 2.78. The lowest BCUT2D eigenvalue weighted by Gasteiger charge is -2.24. The molecule has 1 N–H and O–H groups in total. The van der Waals surface area contributed by atoms with Crippen LogP contribution in [0.1, 0.15) is 26.2 Å². The standard InChI is InChI=1S/C16H18N2O2S/c1-2-3-13-16(20)18(8-6-15(19)17-13)12-4-5-14-11(10-12)7-9-21-14/h4-5,7,9-10,13H,2-3,6,8H2,1H3,(H,17,19). The van der Waals surface area contributed by atoms with Gasteiger partial charge in [0.15, 0.2) is 0 Å². The number of fused-ring (bicyclic) bond motifs is 1. The Labute approximate surface area is 127 Å². The highest BCUT2D eigenvalue weighted by molar-refractivity contribution is 7.17. The first-order valence-electron chi connectivity index (χ1n) is 7.27. The van der Waals surface area contributed by atoms with Gasteiger partial charge in [-0.15, -0.1) is 11.3 Å². The minimum atomic E-state index is -0.400. The zero-order valence-electron chi connectivity index (χ0n) is 12.0. The number of carbonyl (C=O) groups excluding carboxylic acids is 2. The summed E-state index contributed by atoms with van der Waals surface area (Å²) in [5.74, 6) is -0.0433. The molecular weight excluding hydrogens is 284 g/mol. The molecule has 3 rings (SSSR count). The minimum absolute atomic E-state index is 0.00252. The van der Waals surface area contributed by atoms with Crippen LogP contribution in [0.3, 0.4) is 0 Å². The number of carbonyl (C=O) groups is 2. The molecule has 5 heteroatoms. The van der Waals surface area contributed by atoms with Crippen molar-refractivity contribution in [3.05, 3.63) is 29.6 Å². The van der Waals surface area contributed by atoms with E-state index in [2.05, 4.69) is 11.4 Å². The highest BCUT2D eigenvalue weighted by atomic mass is 32.1. The Bertz CT molecular complexity index is 680. The molecule has 0 aliphatic carbocycles. The molecule has 0 saturated carbocycles. The van der Waals surface area contributed by atoms with Crippen LogP contribution >= 0.6 is 11.3 Å². The molecule has 1 aromatic heterocycles. The monoisotopic (exact) mass is 302 g/mol. The van der Waals surface area contributed by atoms with Gasteiger partial charge in [0.1, 0.15) is 6.04 Å². The zero-order chi connectivity index (χ0) is 14.8. The number of hydrogen-bond donors (Lipinski definition) is 1. The van der Waals surface area contributed by atoms with Crippen LogP contribution < -0.4 is 10.2 Å². The molecule has 110 valence electrons. The smallest absolute Gasteiger partial charge is 0.249 e. The highest BCUT2D eigenvalue weighted by Gasteiger charge is 2.30. The highest BCUT2D eigenvalue weighted by Crippen LogP contribution is 2.27. The van der Waals surface area contributed by atoms with Crippen LogP contribution in [0, 0.1) is 0 Å². The largest absolute Gasteiger partial charge is 0.344 e. The van der Waals surface area contributed by atoms with E-state index in [0.29, 0.717) is 19.4 Å². The average molecular weight is 302 g/mol. The van der Waals surface area contributed by atoms with Crippen molar-refractivity contribution in [2.45, 2.75) is 32.2 Å². The van der Waals surface area contributed by atoms with Gasteiger partial charge in [-0.1, -0.05) is 13.3 Å². The van der Waals surface area contributed by atoms with Crippen LogP contribution in [0.15, 0.2) is 29.6 Å². The van der Waals surface area contributed by atoms with Gasteiger partial charge in [-0.3, -0.25) is 9.59 Å². The van der Waals surface area contributed by atoms with Gasteiger partial charge in [0.25, 0.3) is 0 Å². The summed E-state index contributed by atoms with van der Waals surface area (Å²) in [6, 6.07) is 7.69. The number of nitrogens with zero attached hydrogens (tertiary/aromatic N) is 1. The van der Waals surface area contributed by atoms with E-state index in [0.717, 1.165) is 17.5 Å². The number of anilines is 1. The molecule has 1 fully saturated rings. The third-order valence-electron chi connectivity index (χ3n) is 3.79. The predicted molar refractivity (Wildman–Crippen MR) is 85.6 cm³/mol. The van der Waals surface area contributed by atoms with Crippen molar-refractivity contribution >= 4 is 38.9 Å². The quantitative estimate of drug-likeness (QED) is 0.947. The normalized spacial score (nSPS) is 19.7. The summed E-state index contributed by atoms with van der Waals surface area (Å²) in [6.07, 6.45) is 1.91. The summed E-state index contributed by atoms with van der Waals surface area (Å²) in [4.78, 5) is 26.2. The van der Waals surface area contributed by atoms with E-state index >= 15 is 0 Å². The van der Waals surface area contributed by atoms with Crippen molar-refractivity contribution in [1.29, 1.82) is 0 Å². The van der Waals surface area contributed by atoms with Crippen molar-refractivity contribution < 1.29 is 9.59 Å². The first kappa shape index (κ1) is 14.1. The number of nitrogens with one attached hydrogen (secondary N) is 1. The summed E-state index contributed by atoms with van der Waals surface area (Å²) in [5.41, 5.74) is 0.878. The molecule has 1 aliphatic heterocycles. The first-order chi connectivity index (χ1) is 10.2. The van der Waals surface area contributed by atoms with Crippen LogP contribution in [0.4, 0.5) is 5.69 Å². The minimum Gasteiger partial charge on any atom is -0.344 e. The van der Waals surface area contributed by atoms with Crippen molar-refractivity contribution in [3.8, 4) is 0 Å². The maximum atomic E-state index is 12.7. The molecule has 1 aliphatic rings. The molecule has 1 saturated heterocycles. The van der Waals surface area contributed by atoms with Gasteiger partial charge in [-0.05, 0) is 41.5 Å². The van der Waals surface area contributed by atoms with E-state index in [-0.39, 0.29) is 11.8 Å². The SMILES string of the molecule is CCCC1NC(=O)CCN(c2ccc3sccc3c2)C1=O. The number of thiophene rings is 1. The molecule has 1 aromatic carbocycles. The molecule has 21 heavy (non-hydrogen) atoms. The molecule has 2 amide bonds. The van der Waals surface area contributed by atoms with Gasteiger partial charge < -0.3 is 10.2 Å². The van der Waals surface area contributed by atoms with Gasteiger partial charge in [-0.25, -0.2) is 0 Å². The summed E-state index contributed by atoms with van der Waals surface area (Å²) in [7, 11) is 0. The van der Waals surface area contributed by atoms with Gasteiger partial charge in [-0.2, -0.15) is 0 Å². The number of amides is 2.